The number of ether oxygens (including phenoxy) is 2. The summed E-state index contributed by atoms with van der Waals surface area (Å²) in [5.74, 6) is 5.81. The SMILES string of the molecule is CCCC/C=C\CC/C=C\CCCCCCCC(=O)OC1CC(C)(C)c2cc(C#Cc3ccc(C(=O)OCC)cn3)ccc2S1. The number of esters is 2. The number of fused-ring (bicyclic) bond motifs is 1. The van der Waals surface area contributed by atoms with Crippen molar-refractivity contribution in [2.45, 2.75) is 127 Å². The Morgan fingerprint density at radius 3 is 2.33 bits per heavy atom. The summed E-state index contributed by atoms with van der Waals surface area (Å²) >= 11 is 1.63. The molecule has 1 atom stereocenters. The van der Waals surface area contributed by atoms with Gasteiger partial charge in [0, 0.05) is 29.5 Å². The van der Waals surface area contributed by atoms with Crippen molar-refractivity contribution in [2.24, 2.45) is 0 Å². The molecule has 0 N–H and O–H groups in total. The first-order chi connectivity index (χ1) is 21.8. The third-order valence-electron chi connectivity index (χ3n) is 7.83. The Hall–Kier alpha value is -3.30. The van der Waals surface area contributed by atoms with Crippen molar-refractivity contribution in [3.8, 4) is 11.8 Å². The van der Waals surface area contributed by atoms with Crippen LogP contribution in [0.15, 0.2) is 65.7 Å². The van der Waals surface area contributed by atoms with Crippen LogP contribution < -0.4 is 0 Å². The molecule has 0 amide bonds. The van der Waals surface area contributed by atoms with E-state index >= 15 is 0 Å². The number of benzene rings is 1. The lowest BCUT2D eigenvalue weighted by Gasteiger charge is -2.36. The molecule has 1 aromatic carbocycles. The number of thioether (sulfide) groups is 1. The highest BCUT2D eigenvalue weighted by Gasteiger charge is 2.35. The number of hydrogen-bond acceptors (Lipinski definition) is 6. The molecule has 6 heteroatoms. The highest BCUT2D eigenvalue weighted by Crippen LogP contribution is 2.46. The van der Waals surface area contributed by atoms with Gasteiger partial charge in [-0.05, 0) is 92.7 Å². The van der Waals surface area contributed by atoms with Gasteiger partial charge in [0.15, 0.2) is 5.44 Å². The third kappa shape index (κ3) is 13.3. The Morgan fingerprint density at radius 1 is 0.911 bits per heavy atom. The number of aromatic nitrogens is 1. The number of allylic oxidation sites excluding steroid dienone is 4. The second-order valence-corrected chi connectivity index (χ2v) is 13.4. The Labute approximate surface area is 275 Å². The molecular weight excluding hydrogens is 578 g/mol. The van der Waals surface area contributed by atoms with E-state index in [0.717, 1.165) is 49.0 Å². The maximum absolute atomic E-state index is 12.6. The van der Waals surface area contributed by atoms with E-state index in [4.69, 9.17) is 9.47 Å². The standard InChI is InChI=1S/C39H51NO4S/c1-5-7-8-9-10-11-12-13-14-15-16-17-18-19-20-21-36(41)44-37-29-39(3,4)34-28-31(23-27-35(34)45-37)22-25-33-26-24-32(30-40-33)38(42)43-6-2/h9-10,13-14,23-24,26-28,30,37H,5-8,11-12,15-21,29H2,1-4H3/b10-9-,14-13-. The monoisotopic (exact) mass is 629 g/mol. The molecule has 242 valence electrons. The van der Waals surface area contributed by atoms with Crippen LogP contribution in [0.1, 0.15) is 138 Å². The fourth-order valence-corrected chi connectivity index (χ4v) is 6.75. The maximum Gasteiger partial charge on any atom is 0.339 e. The van der Waals surface area contributed by atoms with Crippen LogP contribution >= 0.6 is 11.8 Å². The molecule has 5 nitrogen and oxygen atoms in total. The van der Waals surface area contributed by atoms with Gasteiger partial charge in [-0.3, -0.25) is 4.79 Å². The topological polar surface area (TPSA) is 65.5 Å². The van der Waals surface area contributed by atoms with Gasteiger partial charge in [0.25, 0.3) is 0 Å². The molecule has 0 spiro atoms. The van der Waals surface area contributed by atoms with Crippen LogP contribution in [0.3, 0.4) is 0 Å². The van der Waals surface area contributed by atoms with Gasteiger partial charge in [0.2, 0.25) is 0 Å². The van der Waals surface area contributed by atoms with E-state index < -0.39 is 0 Å². The molecule has 1 unspecified atom stereocenters. The Morgan fingerprint density at radius 2 is 1.62 bits per heavy atom. The normalized spacial score (nSPS) is 15.4. The van der Waals surface area contributed by atoms with Gasteiger partial charge in [-0.15, -0.1) is 0 Å². The second kappa shape index (κ2) is 20.0. The number of rotatable bonds is 17. The predicted molar refractivity (Wildman–Crippen MR) is 185 cm³/mol. The molecule has 1 aliphatic rings. The second-order valence-electron chi connectivity index (χ2n) is 12.2. The zero-order valence-corrected chi connectivity index (χ0v) is 28.6. The largest absolute Gasteiger partial charge is 0.462 e. The molecule has 0 radical (unpaired) electrons. The van der Waals surface area contributed by atoms with Crippen LogP contribution in [0.2, 0.25) is 0 Å². The third-order valence-corrected chi connectivity index (χ3v) is 8.96. The minimum Gasteiger partial charge on any atom is -0.462 e. The smallest absolute Gasteiger partial charge is 0.339 e. The van der Waals surface area contributed by atoms with Crippen molar-refractivity contribution < 1.29 is 19.1 Å². The lowest BCUT2D eigenvalue weighted by atomic mass is 9.80. The summed E-state index contributed by atoms with van der Waals surface area (Å²) in [7, 11) is 0. The quantitative estimate of drug-likeness (QED) is 0.0751. The first-order valence-electron chi connectivity index (χ1n) is 16.8. The average Bonchev–Trinajstić information content (AvgIpc) is 3.02. The minimum atomic E-state index is -0.385. The van der Waals surface area contributed by atoms with Crippen LogP contribution in [0.4, 0.5) is 0 Å². The van der Waals surface area contributed by atoms with Crippen molar-refractivity contribution in [3.63, 3.8) is 0 Å². The predicted octanol–water partition coefficient (Wildman–Crippen LogP) is 10.1. The van der Waals surface area contributed by atoms with Crippen molar-refractivity contribution in [2.75, 3.05) is 6.61 Å². The van der Waals surface area contributed by atoms with Gasteiger partial charge in [0.05, 0.1) is 12.2 Å². The Bertz CT molecular complexity index is 1330. The Balaban J connectivity index is 1.36. The summed E-state index contributed by atoms with van der Waals surface area (Å²) in [5.41, 5.74) is 2.78. The number of hydrogen-bond donors (Lipinski definition) is 0. The highest BCUT2D eigenvalue weighted by atomic mass is 32.2. The molecule has 1 aromatic heterocycles. The molecule has 0 bridgehead atoms. The van der Waals surface area contributed by atoms with Crippen LogP contribution in [-0.4, -0.2) is 29.0 Å². The van der Waals surface area contributed by atoms with Crippen LogP contribution in [0.5, 0.6) is 0 Å². The molecule has 0 aliphatic carbocycles. The molecule has 0 fully saturated rings. The molecule has 1 aliphatic heterocycles. The zero-order chi connectivity index (χ0) is 32.3. The number of carbonyl (C=O) groups is 2. The van der Waals surface area contributed by atoms with Gasteiger partial charge in [-0.25, -0.2) is 9.78 Å². The van der Waals surface area contributed by atoms with E-state index in [9.17, 15) is 9.59 Å². The van der Waals surface area contributed by atoms with E-state index in [-0.39, 0.29) is 22.8 Å². The average molecular weight is 630 g/mol. The molecule has 3 rings (SSSR count). The van der Waals surface area contributed by atoms with Crippen molar-refractivity contribution in [1.82, 2.24) is 4.98 Å². The van der Waals surface area contributed by atoms with Crippen molar-refractivity contribution in [3.05, 3.63) is 83.2 Å². The van der Waals surface area contributed by atoms with E-state index in [1.807, 2.05) is 6.07 Å². The van der Waals surface area contributed by atoms with Gasteiger partial charge < -0.3 is 9.47 Å². The van der Waals surface area contributed by atoms with Gasteiger partial charge in [-0.2, -0.15) is 0 Å². The Kier molecular flexibility index (Phi) is 16.0. The first-order valence-corrected chi connectivity index (χ1v) is 17.7. The van der Waals surface area contributed by atoms with Crippen LogP contribution in [-0.2, 0) is 19.7 Å². The van der Waals surface area contributed by atoms with E-state index in [2.05, 4.69) is 74.0 Å². The molecule has 45 heavy (non-hydrogen) atoms. The summed E-state index contributed by atoms with van der Waals surface area (Å²) in [4.78, 5) is 29.9. The summed E-state index contributed by atoms with van der Waals surface area (Å²) in [6, 6.07) is 9.60. The van der Waals surface area contributed by atoms with Crippen molar-refractivity contribution >= 4 is 23.7 Å². The van der Waals surface area contributed by atoms with Crippen LogP contribution in [0.25, 0.3) is 0 Å². The molecule has 2 aromatic rings. The lowest BCUT2D eigenvalue weighted by molar-refractivity contribution is -0.145. The van der Waals surface area contributed by atoms with Gasteiger partial charge in [-0.1, -0.05) is 94.9 Å². The summed E-state index contributed by atoms with van der Waals surface area (Å²) in [5, 5.41) is 0. The van der Waals surface area contributed by atoms with Crippen molar-refractivity contribution in [1.29, 1.82) is 0 Å². The summed E-state index contributed by atoms with van der Waals surface area (Å²) in [6.45, 7) is 8.72. The molecular formula is C39H51NO4S. The number of nitrogens with zero attached hydrogens (tertiary/aromatic N) is 1. The van der Waals surface area contributed by atoms with Gasteiger partial charge in [0.1, 0.15) is 5.69 Å². The summed E-state index contributed by atoms with van der Waals surface area (Å²) in [6.07, 6.45) is 24.7. The van der Waals surface area contributed by atoms with E-state index in [0.29, 0.717) is 24.3 Å². The van der Waals surface area contributed by atoms with Gasteiger partial charge >= 0.3 is 11.9 Å². The summed E-state index contributed by atoms with van der Waals surface area (Å²) < 4.78 is 10.9. The maximum atomic E-state index is 12.6. The fraction of sp³-hybridized carbons (Fsp3) is 0.513. The fourth-order valence-electron chi connectivity index (χ4n) is 5.21. The van der Waals surface area contributed by atoms with Crippen LogP contribution in [0, 0.1) is 11.8 Å². The molecule has 0 saturated carbocycles. The molecule has 0 saturated heterocycles. The number of carbonyl (C=O) groups excluding carboxylic acids is 2. The molecule has 2 heterocycles. The minimum absolute atomic E-state index is 0.0950. The first kappa shape index (κ1) is 36.2. The lowest BCUT2D eigenvalue weighted by Crippen LogP contribution is -2.31. The highest BCUT2D eigenvalue weighted by molar-refractivity contribution is 7.99. The van der Waals surface area contributed by atoms with E-state index in [1.54, 1.807) is 30.8 Å². The number of pyridine rings is 1. The zero-order valence-electron chi connectivity index (χ0n) is 27.7. The number of unbranched alkanes of at least 4 members (excludes halogenated alkanes) is 8. The van der Waals surface area contributed by atoms with E-state index in [1.165, 1.54) is 50.3 Å².